The van der Waals surface area contributed by atoms with E-state index in [2.05, 4.69) is 15.0 Å². The lowest BCUT2D eigenvalue weighted by molar-refractivity contribution is -0.286. The van der Waals surface area contributed by atoms with Gasteiger partial charge < -0.3 is 24.9 Å². The number of H-pyrrole nitrogens is 1. The van der Waals surface area contributed by atoms with Gasteiger partial charge in [0.1, 0.15) is 0 Å². The van der Waals surface area contributed by atoms with Crippen LogP contribution < -0.4 is 11.3 Å². The van der Waals surface area contributed by atoms with Crippen molar-refractivity contribution in [3.63, 3.8) is 0 Å². The summed E-state index contributed by atoms with van der Waals surface area (Å²) in [6.45, 7) is 3.20. The van der Waals surface area contributed by atoms with Crippen LogP contribution in [0, 0.1) is 5.92 Å². The van der Waals surface area contributed by atoms with Crippen molar-refractivity contribution in [1.29, 1.82) is 0 Å². The molecule has 22 heavy (non-hydrogen) atoms. The minimum atomic E-state index is -0.901. The van der Waals surface area contributed by atoms with Gasteiger partial charge in [0, 0.05) is 12.5 Å². The number of anilines is 1. The number of nitrogens with two attached hydrogens (primary N) is 1. The van der Waals surface area contributed by atoms with E-state index in [9.17, 15) is 9.90 Å². The summed E-state index contributed by atoms with van der Waals surface area (Å²) < 4.78 is 12.9. The number of nitrogen functional groups attached to an aromatic ring is 1. The first-order valence-electron chi connectivity index (χ1n) is 7.10. The maximum atomic E-state index is 11.7. The molecule has 1 fully saturated rings. The third kappa shape index (κ3) is 2.82. The molecular weight excluding hydrogens is 290 g/mol. The van der Waals surface area contributed by atoms with Crippen molar-refractivity contribution in [1.82, 2.24) is 19.5 Å². The Hall–Kier alpha value is -1.97. The average Bonchev–Trinajstić information content (AvgIpc) is 2.90. The number of aromatic nitrogens is 4. The van der Waals surface area contributed by atoms with Crippen LogP contribution in [0.4, 0.5) is 5.95 Å². The largest absolute Gasteiger partial charge is 0.391 e. The number of ether oxygens (including phenoxy) is 2. The normalized spacial score (nSPS) is 25.6. The van der Waals surface area contributed by atoms with E-state index in [0.717, 1.165) is 6.42 Å². The van der Waals surface area contributed by atoms with E-state index >= 15 is 0 Å². The minimum absolute atomic E-state index is 0.0716. The lowest BCUT2D eigenvalue weighted by Gasteiger charge is -2.36. The second kappa shape index (κ2) is 5.67. The van der Waals surface area contributed by atoms with Gasteiger partial charge in [0.25, 0.3) is 5.56 Å². The van der Waals surface area contributed by atoms with Crippen molar-refractivity contribution in [3.05, 3.63) is 16.7 Å². The first kappa shape index (κ1) is 14.9. The smallest absolute Gasteiger partial charge is 0.280 e. The van der Waals surface area contributed by atoms with Crippen LogP contribution in [0.3, 0.4) is 0 Å². The monoisotopic (exact) mass is 309 g/mol. The Labute approximate surface area is 126 Å². The molecule has 4 N–H and O–H groups in total. The minimum Gasteiger partial charge on any atom is -0.391 e. The number of aryl methyl sites for hydroxylation is 1. The number of nitrogens with one attached hydrogen (secondary N) is 1. The Bertz CT molecular complexity index is 717. The highest BCUT2D eigenvalue weighted by atomic mass is 16.7. The summed E-state index contributed by atoms with van der Waals surface area (Å²) in [4.78, 5) is 22.3. The van der Waals surface area contributed by atoms with Gasteiger partial charge in [-0.15, -0.1) is 0 Å². The Balaban J connectivity index is 1.67. The molecule has 0 radical (unpaired) electrons. The topological polar surface area (TPSA) is 128 Å². The molecule has 2 aromatic heterocycles. The molecule has 0 bridgehead atoms. The van der Waals surface area contributed by atoms with Crippen molar-refractivity contribution in [2.75, 3.05) is 25.6 Å². The molecule has 0 aromatic carbocycles. The molecule has 9 heteroatoms. The lowest BCUT2D eigenvalue weighted by Crippen LogP contribution is -2.44. The van der Waals surface area contributed by atoms with Crippen LogP contribution in [0.25, 0.3) is 11.2 Å². The van der Waals surface area contributed by atoms with Crippen LogP contribution in [0.1, 0.15) is 13.3 Å². The Morgan fingerprint density at radius 3 is 2.95 bits per heavy atom. The van der Waals surface area contributed by atoms with Crippen molar-refractivity contribution in [2.45, 2.75) is 25.7 Å². The standard InChI is InChI=1S/C13H19N5O4/c1-13(6-19)21-4-8(5-22-13)2-3-18-7-15-9-10(18)16-12(14)17-11(9)20/h7-8,19H,2-6H2,1H3,(H3,14,16,17,20). The summed E-state index contributed by atoms with van der Waals surface area (Å²) in [5, 5.41) is 9.17. The lowest BCUT2D eigenvalue weighted by atomic mass is 10.1. The molecule has 3 heterocycles. The number of fused-ring (bicyclic) bond motifs is 1. The van der Waals surface area contributed by atoms with Crippen LogP contribution in [-0.4, -0.2) is 50.2 Å². The number of hydrogen-bond acceptors (Lipinski definition) is 7. The highest BCUT2D eigenvalue weighted by molar-refractivity contribution is 5.70. The number of aromatic amines is 1. The van der Waals surface area contributed by atoms with E-state index in [0.29, 0.717) is 25.4 Å². The Morgan fingerprint density at radius 2 is 2.27 bits per heavy atom. The van der Waals surface area contributed by atoms with Gasteiger partial charge in [0.05, 0.1) is 26.1 Å². The summed E-state index contributed by atoms with van der Waals surface area (Å²) in [6, 6.07) is 0. The Morgan fingerprint density at radius 1 is 1.55 bits per heavy atom. The van der Waals surface area contributed by atoms with Crippen LogP contribution in [0.5, 0.6) is 0 Å². The summed E-state index contributed by atoms with van der Waals surface area (Å²) in [6.07, 6.45) is 2.36. The summed E-state index contributed by atoms with van der Waals surface area (Å²) >= 11 is 0. The molecule has 1 aliphatic heterocycles. The maximum Gasteiger partial charge on any atom is 0.280 e. The fourth-order valence-corrected chi connectivity index (χ4v) is 2.39. The molecule has 0 spiro atoms. The third-order valence-corrected chi connectivity index (χ3v) is 3.81. The van der Waals surface area contributed by atoms with Gasteiger partial charge in [0.2, 0.25) is 5.95 Å². The van der Waals surface area contributed by atoms with Crippen molar-refractivity contribution < 1.29 is 14.6 Å². The quantitative estimate of drug-likeness (QED) is 0.692. The third-order valence-electron chi connectivity index (χ3n) is 3.81. The maximum absolute atomic E-state index is 11.7. The number of hydrogen-bond donors (Lipinski definition) is 3. The van der Waals surface area contributed by atoms with Gasteiger partial charge in [-0.05, 0) is 13.3 Å². The van der Waals surface area contributed by atoms with E-state index in [4.69, 9.17) is 15.2 Å². The molecule has 2 aromatic rings. The zero-order valence-electron chi connectivity index (χ0n) is 12.3. The second-order valence-electron chi connectivity index (χ2n) is 5.63. The summed E-state index contributed by atoms with van der Waals surface area (Å²) in [5.41, 5.74) is 5.97. The number of rotatable bonds is 4. The molecule has 1 aliphatic rings. The van der Waals surface area contributed by atoms with E-state index in [1.165, 1.54) is 0 Å². The Kier molecular flexibility index (Phi) is 3.85. The predicted octanol–water partition coefficient (Wildman–Crippen LogP) is -0.537. The molecule has 0 atom stereocenters. The van der Waals surface area contributed by atoms with Gasteiger partial charge in [-0.2, -0.15) is 4.98 Å². The second-order valence-corrected chi connectivity index (χ2v) is 5.63. The molecule has 9 nitrogen and oxygen atoms in total. The molecule has 0 amide bonds. The summed E-state index contributed by atoms with van der Waals surface area (Å²) in [7, 11) is 0. The van der Waals surface area contributed by atoms with Gasteiger partial charge in [-0.25, -0.2) is 4.98 Å². The number of nitrogens with zero attached hydrogens (tertiary/aromatic N) is 3. The molecule has 120 valence electrons. The predicted molar refractivity (Wildman–Crippen MR) is 78.1 cm³/mol. The van der Waals surface area contributed by atoms with E-state index in [-0.39, 0.29) is 29.5 Å². The van der Waals surface area contributed by atoms with E-state index in [1.54, 1.807) is 17.8 Å². The van der Waals surface area contributed by atoms with E-state index in [1.807, 2.05) is 0 Å². The molecular formula is C13H19N5O4. The molecule has 1 saturated heterocycles. The fourth-order valence-electron chi connectivity index (χ4n) is 2.39. The average molecular weight is 309 g/mol. The summed E-state index contributed by atoms with van der Waals surface area (Å²) in [5.74, 6) is -0.625. The van der Waals surface area contributed by atoms with Crippen molar-refractivity contribution >= 4 is 17.1 Å². The van der Waals surface area contributed by atoms with Gasteiger partial charge in [-0.1, -0.05) is 0 Å². The number of aliphatic hydroxyl groups excluding tert-OH is 1. The van der Waals surface area contributed by atoms with Gasteiger partial charge >= 0.3 is 0 Å². The first-order chi connectivity index (χ1) is 10.5. The molecule has 3 rings (SSSR count). The number of imidazole rings is 1. The zero-order chi connectivity index (χ0) is 15.7. The molecule has 0 saturated carbocycles. The zero-order valence-corrected chi connectivity index (χ0v) is 12.3. The number of aliphatic hydroxyl groups is 1. The highest BCUT2D eigenvalue weighted by Gasteiger charge is 2.32. The fraction of sp³-hybridized carbons (Fsp3) is 0.615. The first-order valence-corrected chi connectivity index (χ1v) is 7.10. The van der Waals surface area contributed by atoms with Crippen LogP contribution >= 0.6 is 0 Å². The van der Waals surface area contributed by atoms with Crippen LogP contribution in [-0.2, 0) is 16.0 Å². The van der Waals surface area contributed by atoms with Crippen molar-refractivity contribution in [2.24, 2.45) is 5.92 Å². The van der Waals surface area contributed by atoms with Crippen LogP contribution in [0.2, 0.25) is 0 Å². The van der Waals surface area contributed by atoms with Crippen molar-refractivity contribution in [3.8, 4) is 0 Å². The SMILES string of the molecule is CC1(CO)OCC(CCn2cnc3c(=O)[nH]c(N)nc32)CO1. The molecule has 0 aliphatic carbocycles. The highest BCUT2D eigenvalue weighted by Crippen LogP contribution is 2.23. The molecule has 0 unspecified atom stereocenters. The van der Waals surface area contributed by atoms with Crippen LogP contribution in [0.15, 0.2) is 11.1 Å². The van der Waals surface area contributed by atoms with E-state index < -0.39 is 5.79 Å². The van der Waals surface area contributed by atoms with Gasteiger partial charge in [-0.3, -0.25) is 9.78 Å². The van der Waals surface area contributed by atoms with Gasteiger partial charge in [0.15, 0.2) is 17.0 Å².